The molecule has 11 heteroatoms. The van der Waals surface area contributed by atoms with E-state index in [1.165, 1.54) is 49.2 Å². The molecule has 0 aliphatic carbocycles. The average Bonchev–Trinajstić information content (AvgIpc) is 2.91. The molecule has 1 amide bonds. The minimum Gasteiger partial charge on any atom is -0.363 e. The Kier molecular flexibility index (Phi) is 11.1. The van der Waals surface area contributed by atoms with E-state index in [9.17, 15) is 13.2 Å². The number of benzene rings is 3. The van der Waals surface area contributed by atoms with Crippen LogP contribution >= 0.6 is 35.6 Å². The normalized spacial score (nSPS) is 13.8. The molecule has 0 atom stereocenters. The largest absolute Gasteiger partial charge is 0.363 e. The Hall–Kier alpha value is -2.49. The van der Waals surface area contributed by atoms with E-state index in [0.29, 0.717) is 23.0 Å². The van der Waals surface area contributed by atoms with Crippen LogP contribution in [-0.4, -0.2) is 34.0 Å². The molecule has 38 heavy (non-hydrogen) atoms. The number of hydrogen-bond donors (Lipinski definition) is 2. The molecule has 204 valence electrons. The van der Waals surface area contributed by atoms with Crippen molar-refractivity contribution in [3.05, 3.63) is 88.4 Å². The van der Waals surface area contributed by atoms with E-state index in [-0.39, 0.29) is 39.7 Å². The van der Waals surface area contributed by atoms with E-state index in [1.54, 1.807) is 36.4 Å². The van der Waals surface area contributed by atoms with Crippen molar-refractivity contribution in [2.75, 3.05) is 24.1 Å². The molecule has 3 aromatic carbocycles. The number of carbonyl (C=O) groups excluding carboxylic acids is 1. The Morgan fingerprint density at radius 3 is 2.34 bits per heavy atom. The van der Waals surface area contributed by atoms with Crippen LogP contribution < -0.4 is 19.9 Å². The van der Waals surface area contributed by atoms with Crippen LogP contribution in [0.1, 0.15) is 36.0 Å². The number of anilines is 1. The standard InChI is InChI=1S/C27H29Cl2N3O4S.ClH/c28-22-10-13-26(25(29)19-22)36-32(23-6-2-1-3-7-23)37(34,35)24-11-8-21(9-12-24)27(33)31-16-4-5-20-14-17-30-18-15-20;/h1-3,6-13,19-20,30H,4-5,14-18H2,(H,31,33);1H. The quantitative estimate of drug-likeness (QED) is 0.217. The maximum atomic E-state index is 13.6. The second kappa shape index (κ2) is 14.1. The van der Waals surface area contributed by atoms with E-state index in [4.69, 9.17) is 28.0 Å². The number of halogens is 3. The molecule has 1 aliphatic heterocycles. The lowest BCUT2D eigenvalue weighted by Gasteiger charge is -2.24. The topological polar surface area (TPSA) is 87.7 Å². The van der Waals surface area contributed by atoms with E-state index >= 15 is 0 Å². The Bertz CT molecular complexity index is 1300. The van der Waals surface area contributed by atoms with Gasteiger partial charge in [0.15, 0.2) is 5.75 Å². The Labute approximate surface area is 239 Å². The van der Waals surface area contributed by atoms with E-state index < -0.39 is 10.0 Å². The van der Waals surface area contributed by atoms with Crippen molar-refractivity contribution in [3.63, 3.8) is 0 Å². The minimum absolute atomic E-state index is 0. The van der Waals surface area contributed by atoms with Gasteiger partial charge in [-0.1, -0.05) is 45.9 Å². The molecule has 0 aromatic heterocycles. The molecule has 1 aliphatic rings. The number of rotatable bonds is 10. The van der Waals surface area contributed by atoms with Gasteiger partial charge < -0.3 is 15.5 Å². The maximum Gasteiger partial charge on any atom is 0.295 e. The van der Waals surface area contributed by atoms with Crippen LogP contribution in [0.25, 0.3) is 0 Å². The zero-order valence-corrected chi connectivity index (χ0v) is 23.8. The molecule has 0 unspecified atom stereocenters. The van der Waals surface area contributed by atoms with Crippen LogP contribution in [0.3, 0.4) is 0 Å². The molecule has 1 heterocycles. The summed E-state index contributed by atoms with van der Waals surface area (Å²) in [5.41, 5.74) is 0.665. The fourth-order valence-electron chi connectivity index (χ4n) is 4.17. The summed E-state index contributed by atoms with van der Waals surface area (Å²) < 4.78 is 28.0. The number of sulfonamides is 1. The summed E-state index contributed by atoms with van der Waals surface area (Å²) in [5, 5.41) is 6.84. The lowest BCUT2D eigenvalue weighted by molar-refractivity contribution is 0.0952. The molecule has 4 rings (SSSR count). The number of carbonyl (C=O) groups is 1. The highest BCUT2D eigenvalue weighted by Gasteiger charge is 2.28. The molecule has 3 aromatic rings. The number of para-hydroxylation sites is 1. The van der Waals surface area contributed by atoms with Gasteiger partial charge in [0.2, 0.25) is 0 Å². The van der Waals surface area contributed by atoms with Gasteiger partial charge in [0.05, 0.1) is 15.6 Å². The lowest BCUT2D eigenvalue weighted by Crippen LogP contribution is -2.34. The monoisotopic (exact) mass is 597 g/mol. The second-order valence-corrected chi connectivity index (χ2v) is 11.4. The maximum absolute atomic E-state index is 13.6. The van der Waals surface area contributed by atoms with Crippen molar-refractivity contribution in [3.8, 4) is 5.75 Å². The van der Waals surface area contributed by atoms with Gasteiger partial charge in [-0.15, -0.1) is 12.4 Å². The smallest absolute Gasteiger partial charge is 0.295 e. The van der Waals surface area contributed by atoms with Crippen LogP contribution in [0.4, 0.5) is 5.69 Å². The van der Waals surface area contributed by atoms with Crippen molar-refractivity contribution < 1.29 is 18.0 Å². The Morgan fingerprint density at radius 1 is 1.00 bits per heavy atom. The molecule has 0 spiro atoms. The van der Waals surface area contributed by atoms with Crippen LogP contribution in [-0.2, 0) is 10.0 Å². The molecule has 0 saturated carbocycles. The summed E-state index contributed by atoms with van der Waals surface area (Å²) in [6, 6.07) is 18.7. The Morgan fingerprint density at radius 2 is 1.68 bits per heavy atom. The highest BCUT2D eigenvalue weighted by atomic mass is 35.5. The van der Waals surface area contributed by atoms with E-state index in [1.807, 2.05) is 0 Å². The van der Waals surface area contributed by atoms with Crippen molar-refractivity contribution in [2.45, 2.75) is 30.6 Å². The van der Waals surface area contributed by atoms with Crippen molar-refractivity contribution in [1.82, 2.24) is 10.6 Å². The van der Waals surface area contributed by atoms with Crippen molar-refractivity contribution >= 4 is 57.2 Å². The highest BCUT2D eigenvalue weighted by molar-refractivity contribution is 7.92. The summed E-state index contributed by atoms with van der Waals surface area (Å²) in [6.45, 7) is 2.71. The summed E-state index contributed by atoms with van der Waals surface area (Å²) in [5.74, 6) is 0.595. The van der Waals surface area contributed by atoms with E-state index in [0.717, 1.165) is 30.4 Å². The Balaban J connectivity index is 0.00000400. The molecule has 7 nitrogen and oxygen atoms in total. The van der Waals surface area contributed by atoms with E-state index in [2.05, 4.69) is 10.6 Å². The summed E-state index contributed by atoms with van der Waals surface area (Å²) in [7, 11) is -4.17. The third-order valence-electron chi connectivity index (χ3n) is 6.21. The molecular formula is C27H30Cl3N3O4S. The average molecular weight is 599 g/mol. The molecule has 0 bridgehead atoms. The predicted molar refractivity (Wildman–Crippen MR) is 154 cm³/mol. The van der Waals surface area contributed by atoms with Gasteiger partial charge in [-0.25, -0.2) is 0 Å². The number of amides is 1. The van der Waals surface area contributed by atoms with Gasteiger partial charge in [-0.05, 0) is 99.3 Å². The summed E-state index contributed by atoms with van der Waals surface area (Å²) in [4.78, 5) is 18.3. The van der Waals surface area contributed by atoms with Crippen molar-refractivity contribution in [2.24, 2.45) is 5.92 Å². The lowest BCUT2D eigenvalue weighted by atomic mass is 9.93. The minimum atomic E-state index is -4.17. The van der Waals surface area contributed by atoms with Crippen LogP contribution in [0, 0.1) is 5.92 Å². The molecule has 0 radical (unpaired) electrons. The summed E-state index contributed by atoms with van der Waals surface area (Å²) in [6.07, 6.45) is 4.36. The van der Waals surface area contributed by atoms with Gasteiger partial charge in [0.1, 0.15) is 0 Å². The highest BCUT2D eigenvalue weighted by Crippen LogP contribution is 2.32. The number of nitrogens with one attached hydrogen (secondary N) is 2. The summed E-state index contributed by atoms with van der Waals surface area (Å²) >= 11 is 12.2. The first-order valence-corrected chi connectivity index (χ1v) is 14.4. The van der Waals surface area contributed by atoms with Gasteiger partial charge >= 0.3 is 0 Å². The second-order valence-electron chi connectivity index (χ2n) is 8.85. The molecule has 2 N–H and O–H groups in total. The SMILES string of the molecule is Cl.O=C(NCCCC1CCNCC1)c1ccc(S(=O)(=O)N(Oc2ccc(Cl)cc2Cl)c2ccccc2)cc1. The fourth-order valence-corrected chi connectivity index (χ4v) is 5.86. The first kappa shape index (κ1) is 30.1. The predicted octanol–water partition coefficient (Wildman–Crippen LogP) is 6.11. The number of nitrogens with zero attached hydrogens (tertiary/aromatic N) is 1. The fraction of sp³-hybridized carbons (Fsp3) is 0.296. The number of hydrogen-bond acceptors (Lipinski definition) is 5. The molecule has 1 saturated heterocycles. The zero-order valence-electron chi connectivity index (χ0n) is 20.6. The third kappa shape index (κ3) is 7.77. The molecular weight excluding hydrogens is 569 g/mol. The van der Waals surface area contributed by atoms with Crippen molar-refractivity contribution in [1.29, 1.82) is 0 Å². The number of piperidine rings is 1. The first-order valence-electron chi connectivity index (χ1n) is 12.2. The van der Waals surface area contributed by atoms with Crippen LogP contribution in [0.2, 0.25) is 10.0 Å². The third-order valence-corrected chi connectivity index (χ3v) is 8.33. The first-order chi connectivity index (χ1) is 17.8. The van der Waals surface area contributed by atoms with Crippen LogP contribution in [0.5, 0.6) is 5.75 Å². The van der Waals surface area contributed by atoms with Gasteiger partial charge in [0, 0.05) is 17.1 Å². The van der Waals surface area contributed by atoms with Gasteiger partial charge in [-0.3, -0.25) is 4.79 Å². The molecule has 1 fully saturated rings. The van der Waals surface area contributed by atoms with Crippen LogP contribution in [0.15, 0.2) is 77.7 Å². The van der Waals surface area contributed by atoms with Gasteiger partial charge in [0.25, 0.3) is 15.9 Å². The van der Waals surface area contributed by atoms with Gasteiger partial charge in [-0.2, -0.15) is 8.42 Å². The zero-order chi connectivity index (χ0) is 26.3.